The Kier molecular flexibility index (Phi) is 6.60. The number of benzene rings is 4. The number of para-hydroxylation sites is 1. The first-order valence-corrected chi connectivity index (χ1v) is 12.3. The van der Waals surface area contributed by atoms with E-state index in [0.29, 0.717) is 16.8 Å². The number of fused-ring (bicyclic) bond motifs is 1. The second kappa shape index (κ2) is 9.76. The molecule has 0 aliphatic rings. The van der Waals surface area contributed by atoms with Crippen molar-refractivity contribution in [2.24, 2.45) is 5.10 Å². The van der Waals surface area contributed by atoms with Gasteiger partial charge in [0.05, 0.1) is 24.7 Å². The number of anilines is 1. The number of carbonyl (C=O) groups is 1. The molecule has 0 bridgehead atoms. The van der Waals surface area contributed by atoms with Gasteiger partial charge in [-0.05, 0) is 46.7 Å². The van der Waals surface area contributed by atoms with Gasteiger partial charge in [0.15, 0.2) is 0 Å². The van der Waals surface area contributed by atoms with Crippen LogP contribution in [0, 0.1) is 0 Å². The van der Waals surface area contributed by atoms with Crippen LogP contribution in [0.5, 0.6) is 5.75 Å². The van der Waals surface area contributed by atoms with Crippen molar-refractivity contribution in [3.63, 3.8) is 0 Å². The Labute approximate surface area is 198 Å². The number of aromatic hydroxyl groups is 1. The van der Waals surface area contributed by atoms with Crippen LogP contribution in [-0.4, -0.2) is 31.9 Å². The maximum absolute atomic E-state index is 12.5. The average molecular weight is 474 g/mol. The number of hydrazone groups is 1. The lowest BCUT2D eigenvalue weighted by atomic mass is 10.0. The zero-order chi connectivity index (χ0) is 24.1. The van der Waals surface area contributed by atoms with Gasteiger partial charge in [-0.3, -0.25) is 9.10 Å². The first-order valence-electron chi connectivity index (χ1n) is 10.5. The van der Waals surface area contributed by atoms with Gasteiger partial charge in [0, 0.05) is 11.1 Å². The summed E-state index contributed by atoms with van der Waals surface area (Å²) in [6.07, 6.45) is 2.57. The van der Waals surface area contributed by atoms with E-state index in [1.165, 1.54) is 10.5 Å². The number of hydrogen-bond acceptors (Lipinski definition) is 5. The van der Waals surface area contributed by atoms with Gasteiger partial charge in [-0.15, -0.1) is 0 Å². The molecule has 34 heavy (non-hydrogen) atoms. The van der Waals surface area contributed by atoms with Gasteiger partial charge < -0.3 is 5.11 Å². The van der Waals surface area contributed by atoms with Crippen molar-refractivity contribution in [3.05, 3.63) is 108 Å². The Bertz CT molecular complexity index is 1450. The van der Waals surface area contributed by atoms with Crippen LogP contribution in [0.15, 0.2) is 96.1 Å². The summed E-state index contributed by atoms with van der Waals surface area (Å²) in [7, 11) is -3.49. The summed E-state index contributed by atoms with van der Waals surface area (Å²) in [6, 6.07) is 26.4. The molecule has 0 aliphatic carbocycles. The molecule has 172 valence electrons. The lowest BCUT2D eigenvalue weighted by Gasteiger charge is -2.22. The fourth-order valence-corrected chi connectivity index (χ4v) is 4.45. The van der Waals surface area contributed by atoms with Crippen molar-refractivity contribution in [3.8, 4) is 5.75 Å². The molecule has 7 nitrogen and oxygen atoms in total. The number of carbonyl (C=O) groups excluding carboxylic acids is 1. The molecule has 2 N–H and O–H groups in total. The van der Waals surface area contributed by atoms with Crippen LogP contribution in [-0.2, 0) is 16.6 Å². The third-order valence-corrected chi connectivity index (χ3v) is 6.43. The molecule has 8 heteroatoms. The first-order chi connectivity index (χ1) is 16.3. The minimum absolute atomic E-state index is 0.0647. The van der Waals surface area contributed by atoms with E-state index < -0.39 is 15.9 Å². The third-order valence-electron chi connectivity index (χ3n) is 5.29. The lowest BCUT2D eigenvalue weighted by molar-refractivity contribution is 0.0955. The van der Waals surface area contributed by atoms with Crippen LogP contribution in [0.2, 0.25) is 0 Å². The highest BCUT2D eigenvalue weighted by molar-refractivity contribution is 7.92. The van der Waals surface area contributed by atoms with Gasteiger partial charge in [0.2, 0.25) is 10.0 Å². The summed E-state index contributed by atoms with van der Waals surface area (Å²) in [5.74, 6) is -0.361. The topological polar surface area (TPSA) is 99.1 Å². The summed E-state index contributed by atoms with van der Waals surface area (Å²) < 4.78 is 25.9. The van der Waals surface area contributed by atoms with E-state index in [0.717, 1.165) is 22.6 Å². The number of sulfonamides is 1. The molecule has 0 aliphatic heterocycles. The second-order valence-electron chi connectivity index (χ2n) is 7.72. The maximum atomic E-state index is 12.5. The molecule has 0 fully saturated rings. The van der Waals surface area contributed by atoms with Crippen LogP contribution in [0.1, 0.15) is 21.5 Å². The van der Waals surface area contributed by atoms with Crippen molar-refractivity contribution < 1.29 is 18.3 Å². The van der Waals surface area contributed by atoms with Gasteiger partial charge in [0.25, 0.3) is 5.91 Å². The van der Waals surface area contributed by atoms with Crippen molar-refractivity contribution in [2.75, 3.05) is 10.6 Å². The minimum atomic E-state index is -3.49. The highest BCUT2D eigenvalue weighted by Gasteiger charge is 2.17. The SMILES string of the molecule is CS(=O)(=O)N(Cc1ccc(C(=O)NN=Cc2c(O)ccc3ccccc23)cc1)c1ccccc1. The number of phenolic OH excluding ortho intramolecular Hbond substituents is 1. The zero-order valence-electron chi connectivity index (χ0n) is 18.4. The molecule has 0 aromatic heterocycles. The van der Waals surface area contributed by atoms with Crippen LogP contribution < -0.4 is 9.73 Å². The van der Waals surface area contributed by atoms with Crippen LogP contribution in [0.25, 0.3) is 10.8 Å². The Balaban J connectivity index is 1.46. The summed E-state index contributed by atoms with van der Waals surface area (Å²) in [6.45, 7) is 0.142. The van der Waals surface area contributed by atoms with E-state index >= 15 is 0 Å². The third kappa shape index (κ3) is 5.24. The van der Waals surface area contributed by atoms with E-state index in [9.17, 15) is 18.3 Å². The molecule has 4 rings (SSSR count). The Morgan fingerprint density at radius 2 is 1.62 bits per heavy atom. The normalized spacial score (nSPS) is 11.6. The molecule has 0 saturated heterocycles. The maximum Gasteiger partial charge on any atom is 0.271 e. The molecule has 0 atom stereocenters. The van der Waals surface area contributed by atoms with E-state index in [1.807, 2.05) is 36.4 Å². The number of nitrogens with one attached hydrogen (secondary N) is 1. The predicted octanol–water partition coefficient (Wildman–Crippen LogP) is 4.28. The van der Waals surface area contributed by atoms with Gasteiger partial charge in [0.1, 0.15) is 5.75 Å². The van der Waals surface area contributed by atoms with Crippen molar-refractivity contribution in [1.29, 1.82) is 0 Å². The van der Waals surface area contributed by atoms with E-state index in [4.69, 9.17) is 0 Å². The number of hydrogen-bond donors (Lipinski definition) is 2. The Hall–Kier alpha value is -4.17. The van der Waals surface area contributed by atoms with Crippen LogP contribution >= 0.6 is 0 Å². The number of amides is 1. The van der Waals surface area contributed by atoms with Crippen LogP contribution in [0.4, 0.5) is 5.69 Å². The Morgan fingerprint density at radius 1 is 0.941 bits per heavy atom. The first kappa shape index (κ1) is 23.0. The minimum Gasteiger partial charge on any atom is -0.507 e. The predicted molar refractivity (Wildman–Crippen MR) is 135 cm³/mol. The summed E-state index contributed by atoms with van der Waals surface area (Å²) >= 11 is 0. The second-order valence-corrected chi connectivity index (χ2v) is 9.63. The molecule has 1 amide bonds. The standard InChI is InChI=1S/C26H23N3O4S/c1-34(32,33)29(22-8-3-2-4-9-22)18-19-11-13-21(14-12-19)26(31)28-27-17-24-23-10-6-5-7-20(23)15-16-25(24)30/h2-17,30H,18H2,1H3,(H,28,31). The van der Waals surface area contributed by atoms with E-state index in [-0.39, 0.29) is 12.3 Å². The molecule has 0 spiro atoms. The molecule has 0 radical (unpaired) electrons. The van der Waals surface area contributed by atoms with E-state index in [1.54, 1.807) is 54.6 Å². The van der Waals surface area contributed by atoms with Crippen molar-refractivity contribution in [1.82, 2.24) is 5.43 Å². The van der Waals surface area contributed by atoms with Crippen molar-refractivity contribution in [2.45, 2.75) is 6.54 Å². The monoisotopic (exact) mass is 473 g/mol. The van der Waals surface area contributed by atoms with Gasteiger partial charge >= 0.3 is 0 Å². The smallest absolute Gasteiger partial charge is 0.271 e. The van der Waals surface area contributed by atoms with Crippen molar-refractivity contribution >= 4 is 38.6 Å². The van der Waals surface area contributed by atoms with Gasteiger partial charge in [-0.25, -0.2) is 13.8 Å². The van der Waals surface area contributed by atoms with Gasteiger partial charge in [-0.2, -0.15) is 5.10 Å². The summed E-state index contributed by atoms with van der Waals surface area (Å²) in [5, 5.41) is 15.9. The molecule has 0 saturated carbocycles. The van der Waals surface area contributed by atoms with Gasteiger partial charge in [-0.1, -0.05) is 60.7 Å². The van der Waals surface area contributed by atoms with E-state index in [2.05, 4.69) is 10.5 Å². The fourth-order valence-electron chi connectivity index (χ4n) is 3.56. The highest BCUT2D eigenvalue weighted by Crippen LogP contribution is 2.25. The molecular formula is C26H23N3O4S. The van der Waals surface area contributed by atoms with Crippen LogP contribution in [0.3, 0.4) is 0 Å². The summed E-state index contributed by atoms with van der Waals surface area (Å²) in [4.78, 5) is 12.5. The quantitative estimate of drug-likeness (QED) is 0.309. The molecule has 4 aromatic carbocycles. The molecule has 4 aromatic rings. The lowest BCUT2D eigenvalue weighted by Crippen LogP contribution is -2.29. The zero-order valence-corrected chi connectivity index (χ0v) is 19.2. The highest BCUT2D eigenvalue weighted by atomic mass is 32.2. The fraction of sp³-hybridized carbons (Fsp3) is 0.0769. The average Bonchev–Trinajstić information content (AvgIpc) is 2.84. The largest absolute Gasteiger partial charge is 0.507 e. The molecule has 0 unspecified atom stereocenters. The Morgan fingerprint density at radius 3 is 2.32 bits per heavy atom. The number of rotatable bonds is 7. The molecular weight excluding hydrogens is 450 g/mol. The number of nitrogens with zero attached hydrogens (tertiary/aromatic N) is 2. The summed E-state index contributed by atoms with van der Waals surface area (Å²) in [5.41, 5.74) is 4.64. The number of phenols is 1. The molecule has 0 heterocycles.